The lowest BCUT2D eigenvalue weighted by molar-refractivity contribution is -0.140. The van der Waals surface area contributed by atoms with Crippen molar-refractivity contribution in [3.63, 3.8) is 0 Å². The van der Waals surface area contributed by atoms with Gasteiger partial charge in [-0.1, -0.05) is 6.07 Å². The maximum absolute atomic E-state index is 15.7. The van der Waals surface area contributed by atoms with Crippen LogP contribution < -0.4 is 10.1 Å². The Morgan fingerprint density at radius 1 is 1.21 bits per heavy atom. The summed E-state index contributed by atoms with van der Waals surface area (Å²) in [6.07, 6.45) is 3.60. The molecular weight excluding hydrogens is 582 g/mol. The smallest absolute Gasteiger partial charge is 0.305 e. The molecule has 1 aliphatic heterocycles. The maximum Gasteiger partial charge on any atom is 0.305 e. The van der Waals surface area contributed by atoms with Crippen LogP contribution in [0, 0.1) is 11.6 Å². The van der Waals surface area contributed by atoms with Crippen molar-refractivity contribution in [2.75, 3.05) is 39.3 Å². The van der Waals surface area contributed by atoms with Gasteiger partial charge in [0, 0.05) is 35.9 Å². The highest BCUT2D eigenvalue weighted by Crippen LogP contribution is 2.42. The monoisotopic (exact) mass is 614 g/mol. The number of halogens is 2. The molecule has 43 heavy (non-hydrogen) atoms. The van der Waals surface area contributed by atoms with Gasteiger partial charge in [0.15, 0.2) is 11.4 Å². The lowest BCUT2D eigenvalue weighted by Crippen LogP contribution is -2.48. The van der Waals surface area contributed by atoms with Crippen LogP contribution in [0.25, 0.3) is 11.1 Å². The molecule has 2 aromatic heterocycles. The van der Waals surface area contributed by atoms with Gasteiger partial charge >= 0.3 is 5.97 Å². The first-order chi connectivity index (χ1) is 20.8. The number of ether oxygens (including phenoxy) is 3. The molecule has 1 atom stereocenters. The third-order valence-electron chi connectivity index (χ3n) is 7.41. The number of methoxy groups -OCH3 is 2. The Balaban J connectivity index is 1.38. The molecule has 4 aromatic rings. The quantitative estimate of drug-likeness (QED) is 0.206. The molecule has 0 unspecified atom stereocenters. The van der Waals surface area contributed by atoms with Crippen LogP contribution in [0.15, 0.2) is 40.9 Å². The summed E-state index contributed by atoms with van der Waals surface area (Å²) in [5.41, 5.74) is -0.269. The lowest BCUT2D eigenvalue weighted by atomic mass is 9.97. The molecule has 0 bridgehead atoms. The zero-order chi connectivity index (χ0) is 30.6. The second-order valence-electron chi connectivity index (χ2n) is 10.1. The molecule has 1 fully saturated rings. The molecule has 0 saturated carbocycles. The number of anilines is 2. The second kappa shape index (κ2) is 13.0. The topological polar surface area (TPSA) is 116 Å². The summed E-state index contributed by atoms with van der Waals surface area (Å²) in [7, 11) is 2.79. The predicted molar refractivity (Wildman–Crippen MR) is 155 cm³/mol. The number of nitrogens with zero attached hydrogens (tertiary/aromatic N) is 3. The summed E-state index contributed by atoms with van der Waals surface area (Å²) in [5.74, 6) is -1.43. The zero-order valence-electron chi connectivity index (χ0n) is 24.1. The summed E-state index contributed by atoms with van der Waals surface area (Å²) < 4.78 is 51.0. The van der Waals surface area contributed by atoms with E-state index < -0.39 is 17.2 Å². The number of amides is 1. The van der Waals surface area contributed by atoms with Gasteiger partial charge in [-0.2, -0.15) is 4.98 Å². The van der Waals surface area contributed by atoms with E-state index in [0.717, 1.165) is 16.3 Å². The minimum Gasteiger partial charge on any atom is -0.495 e. The van der Waals surface area contributed by atoms with E-state index in [2.05, 4.69) is 15.3 Å². The van der Waals surface area contributed by atoms with E-state index in [-0.39, 0.29) is 59.7 Å². The molecule has 0 aliphatic carbocycles. The molecule has 1 amide bonds. The number of carbonyl (C=O) groups is 2. The number of benzene rings is 2. The van der Waals surface area contributed by atoms with Gasteiger partial charge in [-0.25, -0.2) is 13.8 Å². The van der Waals surface area contributed by atoms with Gasteiger partial charge in [0.2, 0.25) is 5.91 Å². The first-order valence-corrected chi connectivity index (χ1v) is 14.7. The van der Waals surface area contributed by atoms with Crippen molar-refractivity contribution in [3.8, 4) is 5.75 Å². The first-order valence-electron chi connectivity index (χ1n) is 13.9. The van der Waals surface area contributed by atoms with Crippen LogP contribution >= 0.6 is 11.3 Å². The van der Waals surface area contributed by atoms with Crippen LogP contribution in [0.4, 0.5) is 20.5 Å². The van der Waals surface area contributed by atoms with Gasteiger partial charge < -0.3 is 28.8 Å². The molecular formula is C30H32F2N4O6S. The van der Waals surface area contributed by atoms with Gasteiger partial charge in [-0.3, -0.25) is 9.59 Å². The van der Waals surface area contributed by atoms with E-state index in [1.165, 1.54) is 49.8 Å². The van der Waals surface area contributed by atoms with E-state index >= 15 is 4.39 Å². The van der Waals surface area contributed by atoms with Crippen molar-refractivity contribution in [2.45, 2.75) is 44.6 Å². The Morgan fingerprint density at radius 2 is 2.05 bits per heavy atom. The van der Waals surface area contributed by atoms with E-state index in [9.17, 15) is 14.0 Å². The summed E-state index contributed by atoms with van der Waals surface area (Å²) >= 11 is 1.44. The van der Waals surface area contributed by atoms with Crippen molar-refractivity contribution >= 4 is 46.0 Å². The number of oxazole rings is 1. The number of thiazole rings is 1. The van der Waals surface area contributed by atoms with E-state index in [0.29, 0.717) is 31.7 Å². The molecule has 13 heteroatoms. The fourth-order valence-corrected chi connectivity index (χ4v) is 6.38. The molecule has 5 rings (SSSR count). The predicted octanol–water partition coefficient (Wildman–Crippen LogP) is 5.52. The molecule has 228 valence electrons. The number of aromatic nitrogens is 2. The number of rotatable bonds is 12. The zero-order valence-corrected chi connectivity index (χ0v) is 24.9. The number of aryl methyl sites for hydroxylation is 1. The highest BCUT2D eigenvalue weighted by atomic mass is 32.1. The SMILES string of the molecule is CCOC[C@]1(c2ncc(CCC(=O)OC)s2)CCCN1C(=O)Cc1ccc2nc(Nc3cc(F)ccc3OC)oc2c1F. The highest BCUT2D eigenvalue weighted by Gasteiger charge is 2.47. The number of hydrogen-bond acceptors (Lipinski definition) is 10. The van der Waals surface area contributed by atoms with E-state index in [1.54, 1.807) is 17.2 Å². The van der Waals surface area contributed by atoms with Crippen LogP contribution in [-0.2, 0) is 37.4 Å². The van der Waals surface area contributed by atoms with Crippen LogP contribution in [0.1, 0.15) is 41.6 Å². The summed E-state index contributed by atoms with van der Waals surface area (Å²) in [4.78, 5) is 36.9. The van der Waals surface area contributed by atoms with E-state index in [4.69, 9.17) is 18.6 Å². The lowest BCUT2D eigenvalue weighted by Gasteiger charge is -2.37. The summed E-state index contributed by atoms with van der Waals surface area (Å²) in [6, 6.07) is 6.94. The largest absolute Gasteiger partial charge is 0.495 e. The molecule has 2 aromatic carbocycles. The first kappa shape index (κ1) is 30.4. The Kier molecular flexibility index (Phi) is 9.21. The number of esters is 1. The molecule has 3 heterocycles. The molecule has 1 saturated heterocycles. The Labute approximate surface area is 251 Å². The van der Waals surface area contributed by atoms with Crippen molar-refractivity contribution in [1.29, 1.82) is 0 Å². The van der Waals surface area contributed by atoms with Gasteiger partial charge in [0.1, 0.15) is 27.6 Å². The number of likely N-dealkylation sites (tertiary alicyclic amines) is 1. The molecule has 1 aliphatic rings. The number of nitrogens with one attached hydrogen (secondary N) is 1. The minimum absolute atomic E-state index is 0.0525. The van der Waals surface area contributed by atoms with Crippen molar-refractivity contribution in [1.82, 2.24) is 14.9 Å². The summed E-state index contributed by atoms with van der Waals surface area (Å²) in [6.45, 7) is 3.06. The third kappa shape index (κ3) is 6.32. The van der Waals surface area contributed by atoms with Crippen molar-refractivity contribution in [2.24, 2.45) is 0 Å². The third-order valence-corrected chi connectivity index (χ3v) is 8.66. The minimum atomic E-state index is -0.796. The second-order valence-corrected chi connectivity index (χ2v) is 11.2. The standard InChI is InChI=1S/C30H32F2N4O6S/c1-4-41-17-30(28-33-16-20(43-28)8-11-25(38)40-3)12-5-13-36(30)24(37)14-18-6-9-21-27(26(18)32)42-29(34-21)35-22-15-19(31)7-10-23(22)39-2/h6-7,9-10,15-16H,4-5,8,11-14,17H2,1-3H3,(H,34,35)/t30-/m0/s1. The van der Waals surface area contributed by atoms with Crippen LogP contribution in [0.5, 0.6) is 5.75 Å². The summed E-state index contributed by atoms with van der Waals surface area (Å²) in [5, 5.41) is 3.55. The Morgan fingerprint density at radius 3 is 2.81 bits per heavy atom. The fourth-order valence-electron chi connectivity index (χ4n) is 5.25. The Bertz CT molecular complexity index is 1630. The van der Waals surface area contributed by atoms with Crippen molar-refractivity contribution < 1.29 is 37.0 Å². The van der Waals surface area contributed by atoms with Gasteiger partial charge in [-0.15, -0.1) is 11.3 Å². The molecule has 10 nitrogen and oxygen atoms in total. The molecule has 1 N–H and O–H groups in total. The number of carbonyl (C=O) groups excluding carboxylic acids is 2. The van der Waals surface area contributed by atoms with Gasteiger partial charge in [0.25, 0.3) is 6.01 Å². The van der Waals surface area contributed by atoms with Gasteiger partial charge in [0.05, 0.1) is 39.4 Å². The average Bonchev–Trinajstić information content (AvgIpc) is 3.75. The van der Waals surface area contributed by atoms with Crippen LogP contribution in [-0.4, -0.2) is 60.7 Å². The van der Waals surface area contributed by atoms with E-state index in [1.807, 2.05) is 6.92 Å². The molecule has 0 spiro atoms. The number of fused-ring (bicyclic) bond motifs is 1. The maximum atomic E-state index is 15.7. The highest BCUT2D eigenvalue weighted by molar-refractivity contribution is 7.11. The fraction of sp³-hybridized carbons (Fsp3) is 0.400. The van der Waals surface area contributed by atoms with Crippen molar-refractivity contribution in [3.05, 3.63) is 63.6 Å². The van der Waals surface area contributed by atoms with Crippen LogP contribution in [0.3, 0.4) is 0 Å². The normalized spacial score (nSPS) is 16.5. The Hall–Kier alpha value is -4.10. The van der Waals surface area contributed by atoms with Crippen LogP contribution in [0.2, 0.25) is 0 Å². The average molecular weight is 615 g/mol. The number of hydrogen-bond donors (Lipinski definition) is 1. The van der Waals surface area contributed by atoms with Gasteiger partial charge in [-0.05, 0) is 44.4 Å². The molecule has 0 radical (unpaired) electrons.